The van der Waals surface area contributed by atoms with Crippen molar-refractivity contribution in [3.8, 4) is 0 Å². The van der Waals surface area contributed by atoms with Gasteiger partial charge in [-0.3, -0.25) is 24.2 Å². The van der Waals surface area contributed by atoms with Crippen LogP contribution in [0.15, 0.2) is 60.7 Å². The Balaban J connectivity index is 1.27. The second kappa shape index (κ2) is 11.8. The van der Waals surface area contributed by atoms with Gasteiger partial charge in [-0.1, -0.05) is 48.5 Å². The SMILES string of the molecule is O=C(N[C@@H]1CCCN2CCC[C@@H](C(=O)N[C@@H]3C(=O)COC3OCc3ccccc3)N2C1=O)c1ccccc1. The first kappa shape index (κ1) is 26.0. The van der Waals surface area contributed by atoms with E-state index in [-0.39, 0.29) is 30.8 Å². The van der Waals surface area contributed by atoms with E-state index >= 15 is 0 Å². The zero-order valence-electron chi connectivity index (χ0n) is 21.1. The number of carbonyl (C=O) groups excluding carboxylic acids is 4. The monoisotopic (exact) mass is 520 g/mol. The molecule has 3 aliphatic heterocycles. The van der Waals surface area contributed by atoms with Gasteiger partial charge in [0, 0.05) is 18.7 Å². The van der Waals surface area contributed by atoms with E-state index < -0.39 is 30.3 Å². The molecule has 0 spiro atoms. The predicted octanol–water partition coefficient (Wildman–Crippen LogP) is 1.41. The zero-order valence-corrected chi connectivity index (χ0v) is 21.1. The van der Waals surface area contributed by atoms with Crippen molar-refractivity contribution in [2.75, 3.05) is 19.7 Å². The zero-order chi connectivity index (χ0) is 26.5. The molecule has 0 saturated carbocycles. The van der Waals surface area contributed by atoms with Crippen LogP contribution in [0.5, 0.6) is 0 Å². The van der Waals surface area contributed by atoms with Gasteiger partial charge in [0.15, 0.2) is 12.1 Å². The molecule has 0 radical (unpaired) electrons. The quantitative estimate of drug-likeness (QED) is 0.567. The Kier molecular flexibility index (Phi) is 8.11. The summed E-state index contributed by atoms with van der Waals surface area (Å²) in [5.74, 6) is -1.37. The molecular formula is C28H32N4O6. The van der Waals surface area contributed by atoms with E-state index in [0.717, 1.165) is 12.0 Å². The Morgan fingerprint density at radius 1 is 0.921 bits per heavy atom. The molecular weight excluding hydrogens is 488 g/mol. The smallest absolute Gasteiger partial charge is 0.260 e. The van der Waals surface area contributed by atoms with Crippen molar-refractivity contribution in [3.63, 3.8) is 0 Å². The van der Waals surface area contributed by atoms with E-state index in [1.165, 1.54) is 5.01 Å². The molecule has 10 nitrogen and oxygen atoms in total. The maximum absolute atomic E-state index is 13.7. The van der Waals surface area contributed by atoms with E-state index in [0.29, 0.717) is 37.9 Å². The van der Waals surface area contributed by atoms with Gasteiger partial charge in [-0.15, -0.1) is 0 Å². The summed E-state index contributed by atoms with van der Waals surface area (Å²) < 4.78 is 11.3. The van der Waals surface area contributed by atoms with Crippen LogP contribution in [-0.2, 0) is 30.5 Å². The highest BCUT2D eigenvalue weighted by Crippen LogP contribution is 2.25. The molecule has 200 valence electrons. The lowest BCUT2D eigenvalue weighted by molar-refractivity contribution is -0.168. The highest BCUT2D eigenvalue weighted by Gasteiger charge is 2.45. The number of amides is 3. The minimum Gasteiger partial charge on any atom is -0.345 e. The highest BCUT2D eigenvalue weighted by atomic mass is 16.7. The topological polar surface area (TPSA) is 117 Å². The van der Waals surface area contributed by atoms with Crippen molar-refractivity contribution in [1.29, 1.82) is 0 Å². The van der Waals surface area contributed by atoms with Crippen molar-refractivity contribution in [2.24, 2.45) is 0 Å². The lowest BCUT2D eigenvalue weighted by Crippen LogP contribution is -2.64. The first-order chi connectivity index (χ1) is 18.5. The van der Waals surface area contributed by atoms with Crippen LogP contribution >= 0.6 is 0 Å². The fraction of sp³-hybridized carbons (Fsp3) is 0.429. The van der Waals surface area contributed by atoms with Crippen LogP contribution in [0.3, 0.4) is 0 Å². The summed E-state index contributed by atoms with van der Waals surface area (Å²) in [6.45, 7) is 1.32. The summed E-state index contributed by atoms with van der Waals surface area (Å²) in [5, 5.41) is 9.03. The number of Topliss-reactive ketones (excluding diaryl/α,β-unsaturated/α-hetero) is 1. The van der Waals surface area contributed by atoms with Crippen molar-refractivity contribution in [3.05, 3.63) is 71.8 Å². The third kappa shape index (κ3) is 5.77. The minimum absolute atomic E-state index is 0.155. The van der Waals surface area contributed by atoms with E-state index in [9.17, 15) is 19.2 Å². The molecule has 1 unspecified atom stereocenters. The lowest BCUT2D eigenvalue weighted by atomic mass is 10.0. The molecule has 2 N–H and O–H groups in total. The van der Waals surface area contributed by atoms with Crippen LogP contribution in [0.25, 0.3) is 0 Å². The lowest BCUT2D eigenvalue weighted by Gasteiger charge is -2.43. The normalized spacial score (nSPS) is 25.9. The van der Waals surface area contributed by atoms with Gasteiger partial charge in [0.05, 0.1) is 6.61 Å². The number of nitrogens with zero attached hydrogens (tertiary/aromatic N) is 2. The molecule has 3 saturated heterocycles. The summed E-state index contributed by atoms with van der Waals surface area (Å²) in [6.07, 6.45) is 1.43. The summed E-state index contributed by atoms with van der Waals surface area (Å²) in [4.78, 5) is 52.5. The predicted molar refractivity (Wildman–Crippen MR) is 136 cm³/mol. The molecule has 10 heteroatoms. The van der Waals surface area contributed by atoms with Gasteiger partial charge in [-0.25, -0.2) is 5.01 Å². The fourth-order valence-electron chi connectivity index (χ4n) is 5.17. The number of hydrogen-bond acceptors (Lipinski definition) is 7. The Morgan fingerprint density at radius 2 is 1.61 bits per heavy atom. The Hall–Kier alpha value is -3.60. The fourth-order valence-corrected chi connectivity index (χ4v) is 5.17. The molecule has 2 aromatic carbocycles. The van der Waals surface area contributed by atoms with Crippen molar-refractivity contribution in [2.45, 2.75) is 56.7 Å². The molecule has 3 heterocycles. The standard InChI is InChI=1S/C28H32N4O6/c33-23-18-38-28(37-17-19-9-3-1-4-10-19)24(23)30-26(35)22-14-8-16-31-15-7-13-21(27(36)32(22)31)29-25(34)20-11-5-2-6-12-20/h1-6,9-12,21-22,24,28H,7-8,13-18H2,(H,29,34)(H,30,35)/t21-,22+,24-,28?/m1/s1. The number of hydrazine groups is 1. The molecule has 5 rings (SSSR count). The van der Waals surface area contributed by atoms with Crippen molar-refractivity contribution >= 4 is 23.5 Å². The number of ketones is 1. The van der Waals surface area contributed by atoms with Crippen LogP contribution in [0.2, 0.25) is 0 Å². The van der Waals surface area contributed by atoms with Gasteiger partial charge in [-0.05, 0) is 43.4 Å². The summed E-state index contributed by atoms with van der Waals surface area (Å²) in [5.41, 5.74) is 1.39. The third-order valence-electron chi connectivity index (χ3n) is 7.13. The number of fused-ring (bicyclic) bond motifs is 1. The minimum atomic E-state index is -0.961. The maximum atomic E-state index is 13.7. The molecule has 0 bridgehead atoms. The summed E-state index contributed by atoms with van der Waals surface area (Å²) >= 11 is 0. The van der Waals surface area contributed by atoms with Crippen LogP contribution in [0.1, 0.15) is 41.6 Å². The number of hydrogen-bond donors (Lipinski definition) is 2. The van der Waals surface area contributed by atoms with E-state index in [4.69, 9.17) is 9.47 Å². The second-order valence-electron chi connectivity index (χ2n) is 9.76. The van der Waals surface area contributed by atoms with Gasteiger partial charge in [0.25, 0.3) is 11.8 Å². The van der Waals surface area contributed by atoms with E-state index in [2.05, 4.69) is 10.6 Å². The van der Waals surface area contributed by atoms with E-state index in [1.54, 1.807) is 24.3 Å². The van der Waals surface area contributed by atoms with Gasteiger partial charge in [0.2, 0.25) is 5.91 Å². The number of benzene rings is 2. The van der Waals surface area contributed by atoms with Crippen LogP contribution in [0.4, 0.5) is 0 Å². The van der Waals surface area contributed by atoms with Gasteiger partial charge < -0.3 is 20.1 Å². The molecule has 0 aromatic heterocycles. The molecule has 2 aromatic rings. The molecule has 3 aliphatic rings. The average Bonchev–Trinajstić information content (AvgIpc) is 3.21. The Labute approximate surface area is 221 Å². The van der Waals surface area contributed by atoms with Crippen molar-refractivity contribution in [1.82, 2.24) is 20.7 Å². The first-order valence-corrected chi connectivity index (χ1v) is 13.1. The van der Waals surface area contributed by atoms with E-state index in [1.807, 2.05) is 41.4 Å². The average molecular weight is 521 g/mol. The second-order valence-corrected chi connectivity index (χ2v) is 9.76. The Bertz CT molecular complexity index is 1160. The van der Waals surface area contributed by atoms with Crippen LogP contribution in [-0.4, -0.2) is 77.6 Å². The summed E-state index contributed by atoms with van der Waals surface area (Å²) in [6, 6.07) is 15.7. The van der Waals surface area contributed by atoms with Gasteiger partial charge in [0.1, 0.15) is 24.7 Å². The van der Waals surface area contributed by atoms with Crippen LogP contribution < -0.4 is 10.6 Å². The van der Waals surface area contributed by atoms with Gasteiger partial charge >= 0.3 is 0 Å². The maximum Gasteiger partial charge on any atom is 0.260 e. The highest BCUT2D eigenvalue weighted by molar-refractivity contribution is 5.99. The molecule has 4 atom stereocenters. The number of nitrogens with one attached hydrogen (secondary N) is 2. The van der Waals surface area contributed by atoms with Gasteiger partial charge in [-0.2, -0.15) is 0 Å². The van der Waals surface area contributed by atoms with Crippen molar-refractivity contribution < 1.29 is 28.7 Å². The van der Waals surface area contributed by atoms with Crippen LogP contribution in [0, 0.1) is 0 Å². The number of rotatable bonds is 7. The largest absolute Gasteiger partial charge is 0.345 e. The summed E-state index contributed by atoms with van der Waals surface area (Å²) in [7, 11) is 0. The Morgan fingerprint density at radius 3 is 2.34 bits per heavy atom. The molecule has 38 heavy (non-hydrogen) atoms. The number of carbonyl (C=O) groups is 4. The molecule has 0 aliphatic carbocycles. The number of ether oxygens (including phenoxy) is 2. The molecule has 3 fully saturated rings. The first-order valence-electron chi connectivity index (χ1n) is 13.1. The third-order valence-corrected chi connectivity index (χ3v) is 7.13. The molecule has 3 amide bonds.